The second-order valence-electron chi connectivity index (χ2n) is 5.62. The lowest BCUT2D eigenvalue weighted by molar-refractivity contribution is 0.0894. The molecule has 1 N–H and O–H groups in total. The van der Waals surface area contributed by atoms with Crippen molar-refractivity contribution in [1.29, 1.82) is 0 Å². The monoisotopic (exact) mass is 316 g/mol. The lowest BCUT2D eigenvalue weighted by Gasteiger charge is -2.21. The highest BCUT2D eigenvalue weighted by Gasteiger charge is 2.21. The molecule has 1 saturated heterocycles. The Morgan fingerprint density at radius 2 is 2.22 bits per heavy atom. The molecule has 122 valence electrons. The van der Waals surface area contributed by atoms with E-state index in [1.807, 2.05) is 24.3 Å². The van der Waals surface area contributed by atoms with Crippen molar-refractivity contribution in [3.05, 3.63) is 30.2 Å². The van der Waals surface area contributed by atoms with Crippen LogP contribution in [0, 0.1) is 6.92 Å². The fourth-order valence-corrected chi connectivity index (χ4v) is 2.57. The molecule has 1 aliphatic heterocycles. The van der Waals surface area contributed by atoms with E-state index in [4.69, 9.17) is 9.15 Å². The number of anilines is 1. The number of aromatic nitrogens is 2. The predicted octanol–water partition coefficient (Wildman–Crippen LogP) is 2.69. The summed E-state index contributed by atoms with van der Waals surface area (Å²) < 4.78 is 11.0. The van der Waals surface area contributed by atoms with Gasteiger partial charge in [-0.05, 0) is 25.0 Å². The molecular weight excluding hydrogens is 296 g/mol. The van der Waals surface area contributed by atoms with Crippen LogP contribution in [0.1, 0.15) is 18.7 Å². The van der Waals surface area contributed by atoms with Crippen LogP contribution in [0.25, 0.3) is 11.5 Å². The maximum Gasteiger partial charge on any atom is 0.321 e. The number of likely N-dealkylation sites (N-methyl/N-ethyl adjacent to an activating group) is 1. The van der Waals surface area contributed by atoms with Crippen molar-refractivity contribution in [3.8, 4) is 11.5 Å². The molecule has 0 radical (unpaired) electrons. The van der Waals surface area contributed by atoms with Gasteiger partial charge in [0.25, 0.3) is 0 Å². The Bertz CT molecular complexity index is 679. The highest BCUT2D eigenvalue weighted by Crippen LogP contribution is 2.26. The first-order chi connectivity index (χ1) is 11.1. The Morgan fingerprint density at radius 1 is 1.39 bits per heavy atom. The normalized spacial score (nSPS) is 17.2. The van der Waals surface area contributed by atoms with E-state index in [0.717, 1.165) is 19.4 Å². The van der Waals surface area contributed by atoms with Crippen LogP contribution >= 0.6 is 0 Å². The number of hydrogen-bond acceptors (Lipinski definition) is 5. The lowest BCUT2D eigenvalue weighted by Crippen LogP contribution is -2.37. The number of rotatable bonds is 4. The number of hydrogen-bond donors (Lipinski definition) is 1. The predicted molar refractivity (Wildman–Crippen MR) is 85.1 cm³/mol. The Morgan fingerprint density at radius 3 is 2.91 bits per heavy atom. The third-order valence-corrected chi connectivity index (χ3v) is 3.77. The fourth-order valence-electron chi connectivity index (χ4n) is 2.57. The Hall–Kier alpha value is -2.41. The number of ether oxygens (including phenoxy) is 1. The smallest absolute Gasteiger partial charge is 0.321 e. The zero-order valence-electron chi connectivity index (χ0n) is 13.3. The lowest BCUT2D eigenvalue weighted by atomic mass is 10.2. The third kappa shape index (κ3) is 3.68. The minimum atomic E-state index is -0.191. The van der Waals surface area contributed by atoms with Gasteiger partial charge in [-0.15, -0.1) is 10.2 Å². The maximum absolute atomic E-state index is 12.4. The van der Waals surface area contributed by atoms with E-state index in [9.17, 15) is 4.79 Å². The highest BCUT2D eigenvalue weighted by molar-refractivity contribution is 5.93. The van der Waals surface area contributed by atoms with E-state index in [1.54, 1.807) is 18.9 Å². The van der Waals surface area contributed by atoms with Crippen LogP contribution < -0.4 is 5.32 Å². The van der Waals surface area contributed by atoms with Crippen LogP contribution in [0.15, 0.2) is 28.7 Å². The maximum atomic E-state index is 12.4. The summed E-state index contributed by atoms with van der Waals surface area (Å²) in [5.41, 5.74) is 1.34. The average molecular weight is 316 g/mol. The van der Waals surface area contributed by atoms with Gasteiger partial charge in [-0.25, -0.2) is 4.79 Å². The summed E-state index contributed by atoms with van der Waals surface area (Å²) >= 11 is 0. The summed E-state index contributed by atoms with van der Waals surface area (Å²) in [6.45, 7) is 3.08. The minimum absolute atomic E-state index is 0.125. The number of aryl methyl sites for hydroxylation is 1. The van der Waals surface area contributed by atoms with E-state index in [1.165, 1.54) is 0 Å². The Kier molecular flexibility index (Phi) is 4.57. The molecule has 3 rings (SSSR count). The van der Waals surface area contributed by atoms with Gasteiger partial charge >= 0.3 is 6.03 Å². The van der Waals surface area contributed by atoms with Gasteiger partial charge in [-0.1, -0.05) is 12.1 Å². The molecule has 0 bridgehead atoms. The quantitative estimate of drug-likeness (QED) is 0.938. The number of benzene rings is 1. The van der Waals surface area contributed by atoms with E-state index >= 15 is 0 Å². The van der Waals surface area contributed by atoms with Gasteiger partial charge in [0, 0.05) is 27.1 Å². The first kappa shape index (κ1) is 15.5. The minimum Gasteiger partial charge on any atom is -0.421 e. The first-order valence-corrected chi connectivity index (χ1v) is 7.66. The molecule has 7 heteroatoms. The molecule has 0 saturated carbocycles. The van der Waals surface area contributed by atoms with Crippen molar-refractivity contribution >= 4 is 11.7 Å². The molecule has 23 heavy (non-hydrogen) atoms. The Labute approximate surface area is 134 Å². The van der Waals surface area contributed by atoms with Crippen LogP contribution in [0.5, 0.6) is 0 Å². The summed E-state index contributed by atoms with van der Waals surface area (Å²) in [5.74, 6) is 0.872. The second kappa shape index (κ2) is 6.78. The largest absolute Gasteiger partial charge is 0.421 e. The number of carbonyl (C=O) groups is 1. The number of nitrogens with one attached hydrogen (secondary N) is 1. The molecule has 1 atom stereocenters. The van der Waals surface area contributed by atoms with Crippen molar-refractivity contribution < 1.29 is 13.9 Å². The number of nitrogens with zero attached hydrogens (tertiary/aromatic N) is 3. The SMILES string of the molecule is Cc1nnc(-c2ccccc2NC(=O)N(C)CC2CCCO2)o1. The molecule has 1 fully saturated rings. The van der Waals surface area contributed by atoms with E-state index in [0.29, 0.717) is 29.6 Å². The molecule has 0 aliphatic carbocycles. The number of urea groups is 1. The number of para-hydroxylation sites is 1. The van der Waals surface area contributed by atoms with E-state index in [-0.39, 0.29) is 12.1 Å². The molecule has 0 spiro atoms. The van der Waals surface area contributed by atoms with Crippen LogP contribution in [-0.2, 0) is 4.74 Å². The van der Waals surface area contributed by atoms with Gasteiger partial charge in [0.2, 0.25) is 11.8 Å². The van der Waals surface area contributed by atoms with Crippen LogP contribution in [0.4, 0.5) is 10.5 Å². The second-order valence-corrected chi connectivity index (χ2v) is 5.62. The summed E-state index contributed by atoms with van der Waals surface area (Å²) in [6.07, 6.45) is 2.18. The van der Waals surface area contributed by atoms with Crippen molar-refractivity contribution in [2.45, 2.75) is 25.9 Å². The molecule has 1 aliphatic rings. The molecule has 1 unspecified atom stereocenters. The highest BCUT2D eigenvalue weighted by atomic mass is 16.5. The molecule has 1 aromatic heterocycles. The van der Waals surface area contributed by atoms with Crippen molar-refractivity contribution in [2.75, 3.05) is 25.5 Å². The van der Waals surface area contributed by atoms with Crippen molar-refractivity contribution in [1.82, 2.24) is 15.1 Å². The van der Waals surface area contributed by atoms with E-state index < -0.39 is 0 Å². The summed E-state index contributed by atoms with van der Waals surface area (Å²) in [4.78, 5) is 14.0. The van der Waals surface area contributed by atoms with Gasteiger partial charge < -0.3 is 19.4 Å². The van der Waals surface area contributed by atoms with Gasteiger partial charge in [0.1, 0.15) is 0 Å². The summed E-state index contributed by atoms with van der Waals surface area (Å²) in [5, 5.41) is 10.7. The van der Waals surface area contributed by atoms with Crippen LogP contribution in [0.3, 0.4) is 0 Å². The zero-order valence-corrected chi connectivity index (χ0v) is 13.3. The molecular formula is C16H20N4O3. The summed E-state index contributed by atoms with van der Waals surface area (Å²) in [7, 11) is 1.76. The van der Waals surface area contributed by atoms with Crippen LogP contribution in [0.2, 0.25) is 0 Å². The standard InChI is InChI=1S/C16H20N4O3/c1-11-18-19-15(23-11)13-7-3-4-8-14(13)17-16(21)20(2)10-12-6-5-9-22-12/h3-4,7-8,12H,5-6,9-10H2,1-2H3,(H,17,21). The Balaban J connectivity index is 1.71. The van der Waals surface area contributed by atoms with Crippen LogP contribution in [-0.4, -0.2) is 47.4 Å². The number of carbonyl (C=O) groups excluding carboxylic acids is 1. The molecule has 2 aromatic rings. The van der Waals surface area contributed by atoms with E-state index in [2.05, 4.69) is 15.5 Å². The van der Waals surface area contributed by atoms with Gasteiger partial charge in [0.05, 0.1) is 17.4 Å². The topological polar surface area (TPSA) is 80.5 Å². The van der Waals surface area contributed by atoms with Gasteiger partial charge in [0.15, 0.2) is 0 Å². The first-order valence-electron chi connectivity index (χ1n) is 7.66. The molecule has 2 heterocycles. The average Bonchev–Trinajstić information content (AvgIpc) is 3.19. The van der Waals surface area contributed by atoms with Crippen molar-refractivity contribution in [3.63, 3.8) is 0 Å². The summed E-state index contributed by atoms with van der Waals surface area (Å²) in [6, 6.07) is 7.17. The number of amides is 2. The fraction of sp³-hybridized carbons (Fsp3) is 0.438. The van der Waals surface area contributed by atoms with Gasteiger partial charge in [-0.2, -0.15) is 0 Å². The van der Waals surface area contributed by atoms with Gasteiger partial charge in [-0.3, -0.25) is 0 Å². The molecule has 2 amide bonds. The molecule has 1 aromatic carbocycles. The zero-order chi connectivity index (χ0) is 16.2. The third-order valence-electron chi connectivity index (χ3n) is 3.77. The van der Waals surface area contributed by atoms with Crippen molar-refractivity contribution in [2.24, 2.45) is 0 Å². The molecule has 7 nitrogen and oxygen atoms in total.